The molecule has 0 aromatic heterocycles. The van der Waals surface area contributed by atoms with Crippen LogP contribution in [0.5, 0.6) is 0 Å². The Morgan fingerprint density at radius 3 is 2.25 bits per heavy atom. The molecular weight excluding hydrogens is 254 g/mol. The van der Waals surface area contributed by atoms with Crippen LogP contribution in [0.25, 0.3) is 0 Å². The topological polar surface area (TPSA) is 70.2 Å². The van der Waals surface area contributed by atoms with Crippen molar-refractivity contribution in [3.63, 3.8) is 0 Å². The third kappa shape index (κ3) is 9.78. The van der Waals surface area contributed by atoms with Crippen LogP contribution in [0.15, 0.2) is 0 Å². The molecule has 3 N–H and O–H groups in total. The van der Waals surface area contributed by atoms with Crippen LogP contribution >= 0.6 is 0 Å². The number of nitrogens with one attached hydrogen (secondary N) is 3. The van der Waals surface area contributed by atoms with Crippen LogP contribution in [0.1, 0.15) is 53.9 Å². The molecule has 2 amide bonds. The lowest BCUT2D eigenvalue weighted by Crippen LogP contribution is -2.44. The lowest BCUT2D eigenvalue weighted by molar-refractivity contribution is -0.124. The van der Waals surface area contributed by atoms with Crippen molar-refractivity contribution in [2.75, 3.05) is 13.1 Å². The highest BCUT2D eigenvalue weighted by Gasteiger charge is 2.12. The van der Waals surface area contributed by atoms with Crippen LogP contribution < -0.4 is 16.0 Å². The SMILES string of the molecule is CCC(C)NC(=O)CCNC(C)C(=O)NCCC(C)C. The molecule has 5 heteroatoms. The zero-order valence-electron chi connectivity index (χ0n) is 13.6. The second-order valence-electron chi connectivity index (χ2n) is 5.78. The molecule has 2 unspecified atom stereocenters. The first-order valence-corrected chi connectivity index (χ1v) is 7.67. The normalized spacial score (nSPS) is 13.9. The van der Waals surface area contributed by atoms with Gasteiger partial charge in [0.25, 0.3) is 0 Å². The monoisotopic (exact) mass is 285 g/mol. The van der Waals surface area contributed by atoms with Crippen molar-refractivity contribution in [3.05, 3.63) is 0 Å². The number of carbonyl (C=O) groups is 2. The van der Waals surface area contributed by atoms with Crippen molar-refractivity contribution >= 4 is 11.8 Å². The summed E-state index contributed by atoms with van der Waals surface area (Å²) in [6.45, 7) is 11.3. The third-order valence-electron chi connectivity index (χ3n) is 3.24. The van der Waals surface area contributed by atoms with E-state index in [2.05, 4.69) is 29.8 Å². The predicted octanol–water partition coefficient (Wildman–Crippen LogP) is 1.43. The minimum Gasteiger partial charge on any atom is -0.355 e. The molecule has 5 nitrogen and oxygen atoms in total. The van der Waals surface area contributed by atoms with E-state index in [1.54, 1.807) is 0 Å². The van der Waals surface area contributed by atoms with Crippen molar-refractivity contribution in [2.24, 2.45) is 5.92 Å². The van der Waals surface area contributed by atoms with Crippen molar-refractivity contribution in [1.29, 1.82) is 0 Å². The summed E-state index contributed by atoms with van der Waals surface area (Å²) in [4.78, 5) is 23.3. The summed E-state index contributed by atoms with van der Waals surface area (Å²) in [6, 6.07) is -0.0576. The minimum absolute atomic E-state index is 0.00650. The number of carbonyl (C=O) groups excluding carboxylic acids is 2. The van der Waals surface area contributed by atoms with Gasteiger partial charge >= 0.3 is 0 Å². The van der Waals surface area contributed by atoms with Gasteiger partial charge in [-0.3, -0.25) is 9.59 Å². The van der Waals surface area contributed by atoms with Crippen molar-refractivity contribution < 1.29 is 9.59 Å². The Kier molecular flexibility index (Phi) is 10.1. The molecule has 0 spiro atoms. The molecular formula is C15H31N3O2. The molecule has 2 atom stereocenters. The molecule has 0 fully saturated rings. The highest BCUT2D eigenvalue weighted by molar-refractivity contribution is 5.81. The van der Waals surface area contributed by atoms with Crippen molar-refractivity contribution in [2.45, 2.75) is 66.0 Å². The van der Waals surface area contributed by atoms with Gasteiger partial charge in [-0.2, -0.15) is 0 Å². The average Bonchev–Trinajstić information content (AvgIpc) is 2.37. The maximum absolute atomic E-state index is 11.8. The highest BCUT2D eigenvalue weighted by atomic mass is 16.2. The summed E-state index contributed by atoms with van der Waals surface area (Å²) in [5, 5.41) is 8.86. The molecule has 0 rings (SSSR count). The Morgan fingerprint density at radius 1 is 1.05 bits per heavy atom. The van der Waals surface area contributed by atoms with E-state index in [0.29, 0.717) is 25.4 Å². The van der Waals surface area contributed by atoms with Crippen LogP contribution in [0.3, 0.4) is 0 Å². The summed E-state index contributed by atoms with van der Waals surface area (Å²) in [7, 11) is 0. The van der Waals surface area contributed by atoms with E-state index in [4.69, 9.17) is 0 Å². The molecule has 0 bridgehead atoms. The second-order valence-corrected chi connectivity index (χ2v) is 5.78. The smallest absolute Gasteiger partial charge is 0.236 e. The summed E-state index contributed by atoms with van der Waals surface area (Å²) >= 11 is 0. The number of amides is 2. The number of rotatable bonds is 10. The fourth-order valence-corrected chi connectivity index (χ4v) is 1.58. The van der Waals surface area contributed by atoms with Gasteiger partial charge in [-0.15, -0.1) is 0 Å². The first-order valence-electron chi connectivity index (χ1n) is 7.67. The predicted molar refractivity (Wildman–Crippen MR) is 82.4 cm³/mol. The van der Waals surface area contributed by atoms with E-state index in [9.17, 15) is 9.59 Å². The summed E-state index contributed by atoms with van der Waals surface area (Å²) < 4.78 is 0. The summed E-state index contributed by atoms with van der Waals surface area (Å²) in [6.07, 6.45) is 2.30. The molecule has 0 heterocycles. The van der Waals surface area contributed by atoms with Gasteiger partial charge < -0.3 is 16.0 Å². The lowest BCUT2D eigenvalue weighted by Gasteiger charge is -2.15. The second kappa shape index (κ2) is 10.7. The Labute approximate surface area is 123 Å². The van der Waals surface area contributed by atoms with Gasteiger partial charge in [0.15, 0.2) is 0 Å². The molecule has 0 aliphatic rings. The highest BCUT2D eigenvalue weighted by Crippen LogP contribution is 1.96. The summed E-state index contributed by atoms with van der Waals surface area (Å²) in [5.74, 6) is 0.607. The maximum atomic E-state index is 11.8. The van der Waals surface area contributed by atoms with E-state index < -0.39 is 0 Å². The standard InChI is InChI=1S/C15H31N3O2/c1-6-12(4)18-14(19)8-10-16-13(5)15(20)17-9-7-11(2)3/h11-13,16H,6-10H2,1-5H3,(H,17,20)(H,18,19). The molecule has 20 heavy (non-hydrogen) atoms. The fourth-order valence-electron chi connectivity index (χ4n) is 1.58. The van der Waals surface area contributed by atoms with Gasteiger partial charge in [0, 0.05) is 25.6 Å². The van der Waals surface area contributed by atoms with Crippen molar-refractivity contribution in [1.82, 2.24) is 16.0 Å². The molecule has 0 aliphatic heterocycles. The van der Waals surface area contributed by atoms with Crippen LogP contribution in [-0.4, -0.2) is 37.0 Å². The van der Waals surface area contributed by atoms with Crippen LogP contribution in [0.2, 0.25) is 0 Å². The van der Waals surface area contributed by atoms with Crippen LogP contribution in [0.4, 0.5) is 0 Å². The Morgan fingerprint density at radius 2 is 1.70 bits per heavy atom. The van der Waals surface area contributed by atoms with E-state index >= 15 is 0 Å². The van der Waals surface area contributed by atoms with E-state index in [-0.39, 0.29) is 23.9 Å². The van der Waals surface area contributed by atoms with Gasteiger partial charge in [-0.1, -0.05) is 20.8 Å². The Balaban J connectivity index is 3.73. The number of hydrogen-bond acceptors (Lipinski definition) is 3. The van der Waals surface area contributed by atoms with Crippen LogP contribution in [-0.2, 0) is 9.59 Å². The maximum Gasteiger partial charge on any atom is 0.236 e. The van der Waals surface area contributed by atoms with Gasteiger partial charge in [0.05, 0.1) is 6.04 Å². The zero-order chi connectivity index (χ0) is 15.5. The minimum atomic E-state index is -0.265. The largest absolute Gasteiger partial charge is 0.355 e. The van der Waals surface area contributed by atoms with E-state index in [1.807, 2.05) is 20.8 Å². The van der Waals surface area contributed by atoms with E-state index in [0.717, 1.165) is 12.8 Å². The molecule has 0 radical (unpaired) electrons. The third-order valence-corrected chi connectivity index (χ3v) is 3.24. The first kappa shape index (κ1) is 18.9. The van der Waals surface area contributed by atoms with Gasteiger partial charge in [-0.05, 0) is 32.6 Å². The molecule has 0 aromatic carbocycles. The zero-order valence-corrected chi connectivity index (χ0v) is 13.6. The Bertz CT molecular complexity index is 293. The van der Waals surface area contributed by atoms with Gasteiger partial charge in [-0.25, -0.2) is 0 Å². The molecule has 0 aromatic rings. The van der Waals surface area contributed by atoms with E-state index in [1.165, 1.54) is 0 Å². The molecule has 0 aliphatic carbocycles. The molecule has 0 saturated heterocycles. The molecule has 0 saturated carbocycles. The summed E-state index contributed by atoms with van der Waals surface area (Å²) in [5.41, 5.74) is 0. The van der Waals surface area contributed by atoms with Gasteiger partial charge in [0.2, 0.25) is 11.8 Å². The molecule has 118 valence electrons. The lowest BCUT2D eigenvalue weighted by atomic mass is 10.1. The number of hydrogen-bond donors (Lipinski definition) is 3. The van der Waals surface area contributed by atoms with Gasteiger partial charge in [0.1, 0.15) is 0 Å². The first-order chi connectivity index (χ1) is 9.36. The van der Waals surface area contributed by atoms with Crippen LogP contribution in [0, 0.1) is 5.92 Å². The Hall–Kier alpha value is -1.10. The average molecular weight is 285 g/mol. The fraction of sp³-hybridized carbons (Fsp3) is 0.867. The quantitative estimate of drug-likeness (QED) is 0.569. The van der Waals surface area contributed by atoms with Crippen molar-refractivity contribution in [3.8, 4) is 0 Å².